The predicted octanol–water partition coefficient (Wildman–Crippen LogP) is 4.08. The van der Waals surface area contributed by atoms with Gasteiger partial charge in [-0.3, -0.25) is 4.79 Å². The van der Waals surface area contributed by atoms with Gasteiger partial charge < -0.3 is 10.1 Å². The van der Waals surface area contributed by atoms with Crippen LogP contribution in [0.5, 0.6) is 0 Å². The Balaban J connectivity index is 1.66. The average Bonchev–Trinajstić information content (AvgIpc) is 2.72. The monoisotopic (exact) mass is 391 g/mol. The number of carbonyl (C=O) groups is 2. The van der Waals surface area contributed by atoms with Gasteiger partial charge >= 0.3 is 5.97 Å². The number of hydrogen-bond donors (Lipinski definition) is 1. The summed E-state index contributed by atoms with van der Waals surface area (Å²) >= 11 is 0. The number of hydrogen-bond acceptors (Lipinski definition) is 3. The molecule has 0 radical (unpaired) electrons. The molecule has 2 heterocycles. The van der Waals surface area contributed by atoms with Crippen LogP contribution in [0, 0.1) is 11.6 Å². The molecule has 144 valence electrons. The first-order valence-electron chi connectivity index (χ1n) is 9.09. The molecule has 0 saturated heterocycles. The summed E-state index contributed by atoms with van der Waals surface area (Å²) in [5, 5.41) is 2.97. The van der Waals surface area contributed by atoms with Gasteiger partial charge in [0.25, 0.3) is 0 Å². The van der Waals surface area contributed by atoms with E-state index in [2.05, 4.69) is 5.32 Å². The van der Waals surface area contributed by atoms with Crippen LogP contribution in [0.3, 0.4) is 0 Å². The van der Waals surface area contributed by atoms with Crippen LogP contribution in [0.2, 0.25) is 0 Å². The summed E-state index contributed by atoms with van der Waals surface area (Å²) in [5.41, 5.74) is 4.63. The van der Waals surface area contributed by atoms with Crippen LogP contribution in [-0.2, 0) is 9.53 Å². The molecule has 29 heavy (non-hydrogen) atoms. The summed E-state index contributed by atoms with van der Waals surface area (Å²) in [6.45, 7) is 0. The zero-order valence-electron chi connectivity index (χ0n) is 15.3. The summed E-state index contributed by atoms with van der Waals surface area (Å²) in [7, 11) is 1.31. The number of halogens is 2. The molecular formula is C23H15F2NO3. The van der Waals surface area contributed by atoms with Crippen molar-refractivity contribution in [1.82, 2.24) is 5.32 Å². The average molecular weight is 391 g/mol. The van der Waals surface area contributed by atoms with Gasteiger partial charge in [-0.05, 0) is 58.1 Å². The lowest BCUT2D eigenvalue weighted by atomic mass is 9.70. The minimum atomic E-state index is -0.650. The highest BCUT2D eigenvalue weighted by Crippen LogP contribution is 2.47. The SMILES string of the molecule is COC(=O)c1ccc2c(c1)C1NC(=O)C2c2ccc(-c3ccc(F)cc3F)cc21. The molecule has 3 aliphatic rings. The fourth-order valence-corrected chi connectivity index (χ4v) is 4.31. The van der Waals surface area contributed by atoms with Crippen LogP contribution in [0.25, 0.3) is 11.1 Å². The molecule has 0 spiro atoms. The molecule has 6 rings (SSSR count). The second kappa shape index (κ2) is 6.24. The minimum absolute atomic E-state index is 0.110. The number of carbonyl (C=O) groups excluding carboxylic acids is 2. The van der Waals surface area contributed by atoms with Crippen molar-refractivity contribution in [3.8, 4) is 11.1 Å². The van der Waals surface area contributed by atoms with Crippen molar-refractivity contribution < 1.29 is 23.1 Å². The zero-order chi connectivity index (χ0) is 20.3. The third kappa shape index (κ3) is 2.56. The smallest absolute Gasteiger partial charge is 0.337 e. The largest absolute Gasteiger partial charge is 0.465 e. The molecule has 4 nitrogen and oxygen atoms in total. The van der Waals surface area contributed by atoms with E-state index in [0.717, 1.165) is 28.3 Å². The van der Waals surface area contributed by atoms with Gasteiger partial charge in [0.15, 0.2) is 0 Å². The first-order chi connectivity index (χ1) is 14.0. The molecule has 6 heteroatoms. The van der Waals surface area contributed by atoms with E-state index in [1.165, 1.54) is 19.2 Å². The number of fused-ring (bicyclic) bond motifs is 1. The first kappa shape index (κ1) is 17.6. The number of benzene rings is 3. The lowest BCUT2D eigenvalue weighted by Gasteiger charge is -2.40. The summed E-state index contributed by atoms with van der Waals surface area (Å²) in [6.07, 6.45) is 0. The topological polar surface area (TPSA) is 55.4 Å². The van der Waals surface area contributed by atoms with Crippen molar-refractivity contribution >= 4 is 11.9 Å². The Morgan fingerprint density at radius 2 is 1.66 bits per heavy atom. The number of methoxy groups -OCH3 is 1. The summed E-state index contributed by atoms with van der Waals surface area (Å²) in [6, 6.07) is 13.6. The van der Waals surface area contributed by atoms with Crippen LogP contribution in [0.1, 0.15) is 44.6 Å². The number of esters is 1. The summed E-state index contributed by atoms with van der Waals surface area (Å²) in [5.74, 6) is -2.35. The quantitative estimate of drug-likeness (QED) is 0.670. The van der Waals surface area contributed by atoms with E-state index in [4.69, 9.17) is 4.74 Å². The molecule has 2 atom stereocenters. The van der Waals surface area contributed by atoms with Crippen LogP contribution in [0.15, 0.2) is 54.6 Å². The first-order valence-corrected chi connectivity index (χ1v) is 9.09. The normalized spacial score (nSPS) is 18.7. The Labute approximate surface area is 165 Å². The van der Waals surface area contributed by atoms with Gasteiger partial charge in [-0.1, -0.05) is 18.2 Å². The van der Waals surface area contributed by atoms with E-state index < -0.39 is 29.6 Å². The summed E-state index contributed by atoms with van der Waals surface area (Å²) in [4.78, 5) is 24.5. The van der Waals surface area contributed by atoms with Crippen molar-refractivity contribution in [2.75, 3.05) is 7.11 Å². The van der Waals surface area contributed by atoms with Gasteiger partial charge in [-0.25, -0.2) is 13.6 Å². The lowest BCUT2D eigenvalue weighted by molar-refractivity contribution is -0.123. The molecule has 0 fully saturated rings. The Morgan fingerprint density at radius 3 is 2.38 bits per heavy atom. The fraction of sp³-hybridized carbons (Fsp3) is 0.130. The Morgan fingerprint density at radius 1 is 0.931 bits per heavy atom. The van der Waals surface area contributed by atoms with Crippen LogP contribution < -0.4 is 5.32 Å². The summed E-state index contributed by atoms with van der Waals surface area (Å²) < 4.78 is 32.4. The molecule has 2 unspecified atom stereocenters. The third-order valence-corrected chi connectivity index (χ3v) is 5.63. The standard InChI is InChI=1S/C23H15F2NO3/c1-29-23(28)12-3-6-16-18(9-12)21-17-8-11(14-7-4-13(24)10-19(14)25)2-5-15(17)20(16)22(27)26-21/h2-10,20-21H,1H3,(H,26,27). The van der Waals surface area contributed by atoms with Crippen LogP contribution in [-0.4, -0.2) is 19.0 Å². The molecule has 1 aliphatic carbocycles. The molecule has 0 saturated carbocycles. The predicted molar refractivity (Wildman–Crippen MR) is 101 cm³/mol. The maximum absolute atomic E-state index is 14.3. The van der Waals surface area contributed by atoms with E-state index in [9.17, 15) is 18.4 Å². The van der Waals surface area contributed by atoms with E-state index >= 15 is 0 Å². The lowest BCUT2D eigenvalue weighted by Crippen LogP contribution is -2.44. The molecule has 2 aliphatic heterocycles. The molecule has 0 aromatic heterocycles. The number of rotatable bonds is 2. The number of amides is 1. The van der Waals surface area contributed by atoms with Crippen molar-refractivity contribution in [3.63, 3.8) is 0 Å². The number of nitrogens with one attached hydrogen (secondary N) is 1. The van der Waals surface area contributed by atoms with Gasteiger partial charge in [0.2, 0.25) is 5.91 Å². The highest BCUT2D eigenvalue weighted by Gasteiger charge is 2.42. The van der Waals surface area contributed by atoms with Gasteiger partial charge in [-0.2, -0.15) is 0 Å². The van der Waals surface area contributed by atoms with Crippen molar-refractivity contribution in [2.24, 2.45) is 0 Å². The maximum Gasteiger partial charge on any atom is 0.337 e. The van der Waals surface area contributed by atoms with Crippen molar-refractivity contribution in [1.29, 1.82) is 0 Å². The third-order valence-electron chi connectivity index (χ3n) is 5.63. The van der Waals surface area contributed by atoms with Crippen LogP contribution in [0.4, 0.5) is 8.78 Å². The Kier molecular flexibility index (Phi) is 3.77. The second-order valence-electron chi connectivity index (χ2n) is 7.18. The Bertz CT molecular complexity index is 1200. The van der Waals surface area contributed by atoms with Gasteiger partial charge in [0.05, 0.1) is 24.6 Å². The molecule has 2 bridgehead atoms. The molecule has 3 aromatic carbocycles. The fourth-order valence-electron chi connectivity index (χ4n) is 4.31. The molecule has 3 aromatic rings. The number of ether oxygens (including phenoxy) is 1. The van der Waals surface area contributed by atoms with E-state index in [-0.39, 0.29) is 11.5 Å². The van der Waals surface area contributed by atoms with Gasteiger partial charge in [0.1, 0.15) is 11.6 Å². The van der Waals surface area contributed by atoms with E-state index in [1.54, 1.807) is 24.3 Å². The van der Waals surface area contributed by atoms with Crippen molar-refractivity contribution in [2.45, 2.75) is 12.0 Å². The van der Waals surface area contributed by atoms with Gasteiger partial charge in [0, 0.05) is 11.6 Å². The van der Waals surface area contributed by atoms with Crippen molar-refractivity contribution in [3.05, 3.63) is 94.0 Å². The highest BCUT2D eigenvalue weighted by atomic mass is 19.1. The van der Waals surface area contributed by atoms with Crippen LogP contribution >= 0.6 is 0 Å². The minimum Gasteiger partial charge on any atom is -0.465 e. The Hall–Kier alpha value is -3.54. The molecule has 1 amide bonds. The highest BCUT2D eigenvalue weighted by molar-refractivity contribution is 5.95. The van der Waals surface area contributed by atoms with E-state index in [1.807, 2.05) is 12.1 Å². The second-order valence-corrected chi connectivity index (χ2v) is 7.18. The molecule has 1 N–H and O–H groups in total. The zero-order valence-corrected chi connectivity index (χ0v) is 15.3. The maximum atomic E-state index is 14.3. The van der Waals surface area contributed by atoms with Gasteiger partial charge in [-0.15, -0.1) is 0 Å². The molecular weight excluding hydrogens is 376 g/mol. The van der Waals surface area contributed by atoms with E-state index in [0.29, 0.717) is 11.1 Å².